The molecule has 0 saturated heterocycles. The molecular weight excluding hydrogens is 197 g/mol. The van der Waals surface area contributed by atoms with Crippen LogP contribution in [-0.2, 0) is 72.1 Å². The van der Waals surface area contributed by atoms with E-state index in [9.17, 15) is 0 Å². The average Bonchev–Trinajstić information content (AvgIpc) is 0. The van der Waals surface area contributed by atoms with Crippen molar-refractivity contribution in [1.82, 2.24) is 0 Å². The fraction of sp³-hybridized carbons (Fsp3) is 0. The van der Waals surface area contributed by atoms with Gasteiger partial charge in [-0.05, 0) is 0 Å². The monoisotopic (exact) mass is 196 g/mol. The molecule has 0 heterocycles. The van der Waals surface area contributed by atoms with E-state index in [1.54, 1.807) is 0 Å². The molecule has 0 spiro atoms. The number of rotatable bonds is 0. The van der Waals surface area contributed by atoms with Crippen LogP contribution in [0, 0.1) is 0 Å². The van der Waals surface area contributed by atoms with Crippen molar-refractivity contribution >= 4 is 13.5 Å². The molecule has 4 heteroatoms. The quantitative estimate of drug-likeness (QED) is 0.479. The predicted octanol–water partition coefficient (Wildman–Crippen LogP) is -0.00990. The van der Waals surface area contributed by atoms with Crippen LogP contribution >= 0.6 is 0 Å². The topological polar surface area (TPSA) is 0 Å². The fourth-order valence-electron chi connectivity index (χ4n) is 0. The third-order valence-corrected chi connectivity index (χ3v) is 0. The molecule has 4 heavy (non-hydrogen) atoms. The molecule has 0 N–H and O–H groups in total. The summed E-state index contributed by atoms with van der Waals surface area (Å²) >= 11 is 0. The van der Waals surface area contributed by atoms with Crippen LogP contribution in [0.25, 0.3) is 0 Å². The van der Waals surface area contributed by atoms with E-state index in [4.69, 9.17) is 0 Å². The summed E-state index contributed by atoms with van der Waals surface area (Å²) in [6.45, 7) is 0. The summed E-state index contributed by atoms with van der Waals surface area (Å²) in [4.78, 5) is 0. The molecular formula is CrSTiZn+7. The minimum Gasteiger partial charge on any atom is -2.00 e. The third kappa shape index (κ3) is 8.88. The Bertz CT molecular complexity index is 8.00. The van der Waals surface area contributed by atoms with Crippen molar-refractivity contribution in [2.45, 2.75) is 0 Å². The summed E-state index contributed by atoms with van der Waals surface area (Å²) in [7, 11) is 0. The Kier molecular flexibility index (Phi) is 162. The van der Waals surface area contributed by atoms with Gasteiger partial charge < -0.3 is 13.5 Å². The van der Waals surface area contributed by atoms with Crippen molar-refractivity contribution in [2.24, 2.45) is 0 Å². The maximum Gasteiger partial charge on any atom is 4.00 e. The second kappa shape index (κ2) is 18.9. The molecule has 0 rings (SSSR count). The first-order valence-corrected chi connectivity index (χ1v) is 0. The van der Waals surface area contributed by atoms with E-state index in [2.05, 4.69) is 0 Å². The first kappa shape index (κ1) is 34.4. The van der Waals surface area contributed by atoms with Gasteiger partial charge in [0.15, 0.2) is 0 Å². The van der Waals surface area contributed by atoms with Gasteiger partial charge in [-0.15, -0.1) is 0 Å². The van der Waals surface area contributed by atoms with E-state index in [1.165, 1.54) is 0 Å². The Morgan fingerprint density at radius 2 is 1.00 bits per heavy atom. The molecule has 0 aromatic rings. The summed E-state index contributed by atoms with van der Waals surface area (Å²) < 4.78 is 0. The Hall–Kier alpha value is 2.22. The largest absolute Gasteiger partial charge is 4.00 e. The van der Waals surface area contributed by atoms with Gasteiger partial charge in [-0.2, -0.15) is 0 Å². The van der Waals surface area contributed by atoms with Gasteiger partial charge in [0.25, 0.3) is 0 Å². The summed E-state index contributed by atoms with van der Waals surface area (Å²) in [5.74, 6) is 0. The Morgan fingerprint density at radius 1 is 1.00 bits per heavy atom. The molecule has 0 atom stereocenters. The second-order valence-corrected chi connectivity index (χ2v) is 0. The normalized spacial score (nSPS) is 0. The van der Waals surface area contributed by atoms with E-state index in [1.807, 2.05) is 0 Å². The van der Waals surface area contributed by atoms with Crippen LogP contribution in [0.4, 0.5) is 0 Å². The van der Waals surface area contributed by atoms with Gasteiger partial charge in [-0.25, -0.2) is 0 Å². The molecule has 0 fully saturated rings. The van der Waals surface area contributed by atoms with Crippen molar-refractivity contribution in [3.63, 3.8) is 0 Å². The summed E-state index contributed by atoms with van der Waals surface area (Å²) in [5.41, 5.74) is 0. The molecule has 0 aliphatic heterocycles. The van der Waals surface area contributed by atoms with E-state index in [-0.39, 0.29) is 72.1 Å². The van der Waals surface area contributed by atoms with E-state index >= 15 is 0 Å². The van der Waals surface area contributed by atoms with Crippen molar-refractivity contribution < 1.29 is 58.6 Å². The average molecular weight is 197 g/mol. The van der Waals surface area contributed by atoms with Crippen LogP contribution in [0.3, 0.4) is 0 Å². The first-order valence-electron chi connectivity index (χ1n) is 0. The van der Waals surface area contributed by atoms with Gasteiger partial charge >= 0.3 is 58.6 Å². The van der Waals surface area contributed by atoms with Crippen LogP contribution in [0.5, 0.6) is 0 Å². The van der Waals surface area contributed by atoms with Gasteiger partial charge in [0.2, 0.25) is 0 Å². The van der Waals surface area contributed by atoms with Crippen LogP contribution in [-0.4, -0.2) is 0 Å². The van der Waals surface area contributed by atoms with Gasteiger partial charge in [0.05, 0.1) is 0 Å². The molecule has 0 saturated carbocycles. The SMILES string of the molecule is [Cr+3].[S-2].[Ti+4].[Zn+2]. The smallest absolute Gasteiger partial charge is 2.00 e. The molecule has 0 aliphatic rings. The number of hydrogen-bond acceptors (Lipinski definition) is 0. The molecule has 11 valence electrons. The molecule has 0 unspecified atom stereocenters. The van der Waals surface area contributed by atoms with E-state index < -0.39 is 0 Å². The molecule has 0 aliphatic carbocycles. The summed E-state index contributed by atoms with van der Waals surface area (Å²) in [5, 5.41) is 0. The third-order valence-electron chi connectivity index (χ3n) is 0. The number of hydrogen-bond donors (Lipinski definition) is 0. The molecule has 0 amide bonds. The predicted molar refractivity (Wildman–Crippen MR) is 7.37 cm³/mol. The zero-order valence-electron chi connectivity index (χ0n) is 2.02. The minimum absolute atomic E-state index is 0. The van der Waals surface area contributed by atoms with Crippen LogP contribution in [0.1, 0.15) is 0 Å². The van der Waals surface area contributed by atoms with Crippen LogP contribution in [0.2, 0.25) is 0 Å². The van der Waals surface area contributed by atoms with Crippen LogP contribution in [0.15, 0.2) is 0 Å². The molecule has 0 aromatic carbocycles. The standard InChI is InChI=1S/Cr.S.Ti.Zn/q+3;-2;+4;+2. The summed E-state index contributed by atoms with van der Waals surface area (Å²) in [6.07, 6.45) is 0. The van der Waals surface area contributed by atoms with E-state index in [0.29, 0.717) is 0 Å². The molecule has 0 aromatic heterocycles. The zero-order chi connectivity index (χ0) is 0. The van der Waals surface area contributed by atoms with Crippen LogP contribution < -0.4 is 0 Å². The summed E-state index contributed by atoms with van der Waals surface area (Å²) in [6, 6.07) is 0. The minimum atomic E-state index is 0. The van der Waals surface area contributed by atoms with Gasteiger partial charge in [-0.3, -0.25) is 0 Å². The maximum atomic E-state index is 0. The molecule has 0 nitrogen and oxygen atoms in total. The molecule has 0 bridgehead atoms. The fourth-order valence-corrected chi connectivity index (χ4v) is 0. The van der Waals surface area contributed by atoms with Gasteiger partial charge in [-0.1, -0.05) is 0 Å². The zero-order valence-corrected chi connectivity index (χ0v) is 8.64. The maximum absolute atomic E-state index is 0. The first-order chi connectivity index (χ1) is 0. The van der Waals surface area contributed by atoms with Gasteiger partial charge in [0.1, 0.15) is 0 Å². The Morgan fingerprint density at radius 3 is 1.00 bits per heavy atom. The van der Waals surface area contributed by atoms with E-state index in [0.717, 1.165) is 0 Å². The molecule has 1 radical (unpaired) electrons. The van der Waals surface area contributed by atoms with Crippen molar-refractivity contribution in [3.05, 3.63) is 0 Å². The van der Waals surface area contributed by atoms with Gasteiger partial charge in [0, 0.05) is 0 Å². The Balaban J connectivity index is 0. The Labute approximate surface area is 71.3 Å². The van der Waals surface area contributed by atoms with Crippen molar-refractivity contribution in [1.29, 1.82) is 0 Å². The second-order valence-electron chi connectivity index (χ2n) is 0. The van der Waals surface area contributed by atoms with Crippen molar-refractivity contribution in [3.8, 4) is 0 Å². The van der Waals surface area contributed by atoms with Crippen molar-refractivity contribution in [2.75, 3.05) is 0 Å².